The maximum Gasteiger partial charge on any atom is 0.336 e. The van der Waals surface area contributed by atoms with E-state index in [2.05, 4.69) is 15.4 Å². The van der Waals surface area contributed by atoms with Crippen molar-refractivity contribution in [1.29, 1.82) is 0 Å². The molecule has 1 aliphatic rings. The highest BCUT2D eigenvalue weighted by atomic mass is 16.5. The zero-order valence-electron chi connectivity index (χ0n) is 18.0. The van der Waals surface area contributed by atoms with Gasteiger partial charge >= 0.3 is 12.0 Å². The second kappa shape index (κ2) is 10.0. The van der Waals surface area contributed by atoms with Crippen molar-refractivity contribution in [2.45, 2.75) is 31.8 Å². The van der Waals surface area contributed by atoms with Crippen molar-refractivity contribution in [3.63, 3.8) is 0 Å². The summed E-state index contributed by atoms with van der Waals surface area (Å²) in [6.45, 7) is 0.661. The molecule has 1 saturated carbocycles. The Balaban J connectivity index is 1.56. The SMILES string of the molecule is COc1ccc(-n2nc(OC3CCCC3)nc2-c2ccc(OCCNC(N)=O)cc2)cc1. The van der Waals surface area contributed by atoms with E-state index >= 15 is 0 Å². The average Bonchev–Trinajstić information content (AvgIpc) is 3.47. The number of amides is 2. The van der Waals surface area contributed by atoms with Crippen LogP contribution in [0.1, 0.15) is 25.7 Å². The first-order valence-corrected chi connectivity index (χ1v) is 10.7. The molecule has 0 radical (unpaired) electrons. The lowest BCUT2D eigenvalue weighted by Crippen LogP contribution is -2.32. The van der Waals surface area contributed by atoms with Gasteiger partial charge < -0.3 is 25.3 Å². The first-order chi connectivity index (χ1) is 15.6. The van der Waals surface area contributed by atoms with E-state index in [9.17, 15) is 4.79 Å². The smallest absolute Gasteiger partial charge is 0.336 e. The monoisotopic (exact) mass is 437 g/mol. The first kappa shape index (κ1) is 21.5. The lowest BCUT2D eigenvalue weighted by molar-refractivity contribution is 0.192. The zero-order valence-corrected chi connectivity index (χ0v) is 18.0. The Kier molecular flexibility index (Phi) is 6.74. The molecule has 3 N–H and O–H groups in total. The molecule has 9 nitrogen and oxygen atoms in total. The Morgan fingerprint density at radius 3 is 2.44 bits per heavy atom. The highest BCUT2D eigenvalue weighted by molar-refractivity contribution is 5.71. The van der Waals surface area contributed by atoms with Gasteiger partial charge in [-0.15, -0.1) is 5.10 Å². The molecule has 2 aromatic carbocycles. The maximum atomic E-state index is 10.7. The van der Waals surface area contributed by atoms with E-state index in [0.29, 0.717) is 30.7 Å². The highest BCUT2D eigenvalue weighted by Gasteiger charge is 2.21. The van der Waals surface area contributed by atoms with Crippen LogP contribution in [0.25, 0.3) is 17.1 Å². The number of hydrogen-bond donors (Lipinski definition) is 2. The van der Waals surface area contributed by atoms with E-state index in [1.807, 2.05) is 48.5 Å². The number of urea groups is 1. The zero-order chi connectivity index (χ0) is 22.3. The van der Waals surface area contributed by atoms with Crippen LogP contribution in [0.4, 0.5) is 4.79 Å². The van der Waals surface area contributed by atoms with Crippen LogP contribution in [0, 0.1) is 0 Å². The van der Waals surface area contributed by atoms with Crippen LogP contribution in [-0.2, 0) is 0 Å². The van der Waals surface area contributed by atoms with Crippen molar-refractivity contribution >= 4 is 6.03 Å². The fraction of sp³-hybridized carbons (Fsp3) is 0.348. The molecule has 0 bridgehead atoms. The molecule has 168 valence electrons. The number of nitrogens with two attached hydrogens (primary N) is 1. The van der Waals surface area contributed by atoms with E-state index < -0.39 is 6.03 Å². The van der Waals surface area contributed by atoms with Gasteiger partial charge in [0.2, 0.25) is 0 Å². The molecule has 9 heteroatoms. The number of methoxy groups -OCH3 is 1. The maximum absolute atomic E-state index is 10.7. The number of nitrogens with zero attached hydrogens (tertiary/aromatic N) is 3. The highest BCUT2D eigenvalue weighted by Crippen LogP contribution is 2.28. The quantitative estimate of drug-likeness (QED) is 0.497. The fourth-order valence-corrected chi connectivity index (χ4v) is 3.63. The normalized spacial score (nSPS) is 13.7. The summed E-state index contributed by atoms with van der Waals surface area (Å²) >= 11 is 0. The summed E-state index contributed by atoms with van der Waals surface area (Å²) in [4.78, 5) is 15.4. The number of hydrogen-bond acceptors (Lipinski definition) is 6. The van der Waals surface area contributed by atoms with Crippen molar-refractivity contribution in [2.75, 3.05) is 20.3 Å². The van der Waals surface area contributed by atoms with Gasteiger partial charge in [0.15, 0.2) is 5.82 Å². The molecular weight excluding hydrogens is 410 g/mol. The number of aromatic nitrogens is 3. The van der Waals surface area contributed by atoms with E-state index in [-0.39, 0.29) is 6.10 Å². The van der Waals surface area contributed by atoms with E-state index in [4.69, 9.17) is 19.9 Å². The summed E-state index contributed by atoms with van der Waals surface area (Å²) in [5, 5.41) is 7.12. The lowest BCUT2D eigenvalue weighted by Gasteiger charge is -2.09. The van der Waals surface area contributed by atoms with Crippen molar-refractivity contribution in [3.05, 3.63) is 48.5 Å². The van der Waals surface area contributed by atoms with Crippen molar-refractivity contribution in [3.8, 4) is 34.6 Å². The minimum atomic E-state index is -0.572. The summed E-state index contributed by atoms with van der Waals surface area (Å²) < 4.78 is 18.7. The van der Waals surface area contributed by atoms with Gasteiger partial charge in [0, 0.05) is 5.56 Å². The third-order valence-electron chi connectivity index (χ3n) is 5.26. The molecule has 1 heterocycles. The number of rotatable bonds is 9. The molecule has 0 atom stereocenters. The van der Waals surface area contributed by atoms with Crippen molar-refractivity contribution < 1.29 is 19.0 Å². The van der Waals surface area contributed by atoms with E-state index in [1.165, 1.54) is 12.8 Å². The number of carbonyl (C=O) groups is 1. The Morgan fingerprint density at radius 1 is 1.09 bits per heavy atom. The molecule has 0 unspecified atom stereocenters. The first-order valence-electron chi connectivity index (χ1n) is 10.7. The second-order valence-corrected chi connectivity index (χ2v) is 7.52. The molecule has 0 spiro atoms. The fourth-order valence-electron chi connectivity index (χ4n) is 3.63. The Bertz CT molecular complexity index is 1030. The minimum Gasteiger partial charge on any atom is -0.497 e. The molecule has 1 aliphatic carbocycles. The molecule has 2 amide bonds. The predicted octanol–water partition coefficient (Wildman–Crippen LogP) is 3.31. The third kappa shape index (κ3) is 5.29. The third-order valence-corrected chi connectivity index (χ3v) is 5.26. The van der Waals surface area contributed by atoms with Gasteiger partial charge in [-0.05, 0) is 74.2 Å². The van der Waals surface area contributed by atoms with E-state index in [1.54, 1.807) is 11.8 Å². The van der Waals surface area contributed by atoms with Crippen LogP contribution in [0.5, 0.6) is 17.5 Å². The summed E-state index contributed by atoms with van der Waals surface area (Å²) in [5.41, 5.74) is 6.78. The van der Waals surface area contributed by atoms with Gasteiger partial charge in [-0.1, -0.05) is 0 Å². The number of ether oxygens (including phenoxy) is 3. The summed E-state index contributed by atoms with van der Waals surface area (Å²) in [5.74, 6) is 2.12. The molecule has 0 saturated heterocycles. The number of benzene rings is 2. The Hall–Kier alpha value is -3.75. The number of carbonyl (C=O) groups excluding carboxylic acids is 1. The topological polar surface area (TPSA) is 114 Å². The van der Waals surface area contributed by atoms with E-state index in [0.717, 1.165) is 29.8 Å². The van der Waals surface area contributed by atoms with Crippen LogP contribution in [0.3, 0.4) is 0 Å². The number of nitrogens with one attached hydrogen (secondary N) is 1. The summed E-state index contributed by atoms with van der Waals surface area (Å²) in [6.07, 6.45) is 4.58. The molecule has 0 aliphatic heterocycles. The van der Waals surface area contributed by atoms with Crippen LogP contribution in [-0.4, -0.2) is 47.2 Å². The van der Waals surface area contributed by atoms with Gasteiger partial charge in [-0.25, -0.2) is 9.48 Å². The Morgan fingerprint density at radius 2 is 1.78 bits per heavy atom. The molecule has 32 heavy (non-hydrogen) atoms. The van der Waals surface area contributed by atoms with Gasteiger partial charge in [0.25, 0.3) is 0 Å². The van der Waals surface area contributed by atoms with Crippen LogP contribution in [0.15, 0.2) is 48.5 Å². The second-order valence-electron chi connectivity index (χ2n) is 7.52. The van der Waals surface area contributed by atoms with Crippen LogP contribution in [0.2, 0.25) is 0 Å². The van der Waals surface area contributed by atoms with Gasteiger partial charge in [0.1, 0.15) is 24.2 Å². The largest absolute Gasteiger partial charge is 0.497 e. The lowest BCUT2D eigenvalue weighted by atomic mass is 10.2. The molecule has 1 aromatic heterocycles. The average molecular weight is 438 g/mol. The van der Waals surface area contributed by atoms with Crippen molar-refractivity contribution in [1.82, 2.24) is 20.1 Å². The predicted molar refractivity (Wildman–Crippen MR) is 119 cm³/mol. The van der Waals surface area contributed by atoms with Crippen LogP contribution < -0.4 is 25.3 Å². The summed E-state index contributed by atoms with van der Waals surface area (Å²) in [6, 6.07) is 15.0. The molecule has 3 aromatic rings. The van der Waals surface area contributed by atoms with Gasteiger partial charge in [-0.2, -0.15) is 4.98 Å². The standard InChI is InChI=1S/C23H27N5O4/c1-30-18-12-8-17(9-13-18)28-21(26-23(27-28)32-20-4-2-3-5-20)16-6-10-19(11-7-16)31-15-14-25-22(24)29/h6-13,20H,2-5,14-15H2,1H3,(H3,24,25,29). The minimum absolute atomic E-state index is 0.166. The molecule has 4 rings (SSSR count). The summed E-state index contributed by atoms with van der Waals surface area (Å²) in [7, 11) is 1.64. The Labute approximate surface area is 186 Å². The van der Waals surface area contributed by atoms with Crippen molar-refractivity contribution in [2.24, 2.45) is 5.73 Å². The van der Waals surface area contributed by atoms with Crippen LogP contribution >= 0.6 is 0 Å². The van der Waals surface area contributed by atoms with Gasteiger partial charge in [0.05, 0.1) is 19.3 Å². The van der Waals surface area contributed by atoms with Gasteiger partial charge in [-0.3, -0.25) is 0 Å². The number of primary amides is 1. The molecule has 1 fully saturated rings. The molecular formula is C23H27N5O4.